The monoisotopic (exact) mass is 383 g/mol. The summed E-state index contributed by atoms with van der Waals surface area (Å²) in [6.45, 7) is 0.523. The molecule has 0 amide bonds. The highest BCUT2D eigenvalue weighted by atomic mass is 16.6. The molecule has 1 fully saturated rings. The fourth-order valence-electron chi connectivity index (χ4n) is 2.97. The van der Waals surface area contributed by atoms with Crippen LogP contribution in [0.2, 0.25) is 0 Å². The van der Waals surface area contributed by atoms with Gasteiger partial charge in [-0.05, 0) is 16.7 Å². The van der Waals surface area contributed by atoms with Crippen molar-refractivity contribution in [3.05, 3.63) is 82.2 Å². The van der Waals surface area contributed by atoms with Gasteiger partial charge < -0.3 is 19.3 Å². The van der Waals surface area contributed by atoms with E-state index in [-0.39, 0.29) is 13.2 Å². The molecule has 28 heavy (non-hydrogen) atoms. The summed E-state index contributed by atoms with van der Waals surface area (Å²) in [5.74, 6) is -0.802. The second-order valence-electron chi connectivity index (χ2n) is 6.38. The lowest BCUT2D eigenvalue weighted by atomic mass is 10.0. The molecule has 8 nitrogen and oxygen atoms in total. The molecule has 1 heterocycles. The van der Waals surface area contributed by atoms with Crippen molar-refractivity contribution in [2.45, 2.75) is 37.6 Å². The van der Waals surface area contributed by atoms with E-state index < -0.39 is 30.3 Å². The first-order chi connectivity index (χ1) is 13.7. The topological polar surface area (TPSA) is 114 Å². The quantitative estimate of drug-likeness (QED) is 0.309. The van der Waals surface area contributed by atoms with Crippen LogP contribution < -0.4 is 0 Å². The Kier molecular flexibility index (Phi) is 7.00. The zero-order chi connectivity index (χ0) is 19.8. The number of aliphatic hydroxyl groups is 1. The number of carbonyl (C=O) groups excluding carboxylic acids is 1. The Bertz CT molecular complexity index is 811. The van der Waals surface area contributed by atoms with Gasteiger partial charge in [-0.1, -0.05) is 65.8 Å². The molecule has 0 unspecified atom stereocenters. The number of cyclic esters (lactones) is 1. The van der Waals surface area contributed by atoms with Gasteiger partial charge in [0.05, 0.1) is 19.8 Å². The number of azide groups is 1. The van der Waals surface area contributed by atoms with E-state index in [4.69, 9.17) is 19.7 Å². The minimum atomic E-state index is -1.45. The van der Waals surface area contributed by atoms with E-state index in [0.717, 1.165) is 11.1 Å². The van der Waals surface area contributed by atoms with Crippen LogP contribution in [0.3, 0.4) is 0 Å². The van der Waals surface area contributed by atoms with Gasteiger partial charge >= 0.3 is 5.97 Å². The van der Waals surface area contributed by atoms with E-state index >= 15 is 0 Å². The summed E-state index contributed by atoms with van der Waals surface area (Å²) < 4.78 is 16.6. The molecule has 0 saturated carbocycles. The van der Waals surface area contributed by atoms with Crippen molar-refractivity contribution in [3.63, 3.8) is 0 Å². The van der Waals surface area contributed by atoms with E-state index in [1.165, 1.54) is 0 Å². The molecule has 2 aromatic rings. The van der Waals surface area contributed by atoms with Crippen molar-refractivity contribution < 1.29 is 24.1 Å². The summed E-state index contributed by atoms with van der Waals surface area (Å²) in [7, 11) is 0. The molecule has 2 aromatic carbocycles. The Labute approximate surface area is 162 Å². The maximum absolute atomic E-state index is 11.9. The summed E-state index contributed by atoms with van der Waals surface area (Å²) in [5, 5.41) is 13.8. The Morgan fingerprint density at radius 3 is 2.29 bits per heavy atom. The number of esters is 1. The zero-order valence-corrected chi connectivity index (χ0v) is 15.1. The van der Waals surface area contributed by atoms with Crippen molar-refractivity contribution in [2.75, 3.05) is 6.61 Å². The largest absolute Gasteiger partial charge is 0.457 e. The fourth-order valence-corrected chi connectivity index (χ4v) is 2.97. The van der Waals surface area contributed by atoms with Gasteiger partial charge in [0.1, 0.15) is 18.2 Å². The van der Waals surface area contributed by atoms with Gasteiger partial charge in [0, 0.05) is 4.91 Å². The van der Waals surface area contributed by atoms with Gasteiger partial charge in [0.15, 0.2) is 6.10 Å². The smallest absolute Gasteiger partial charge is 0.338 e. The summed E-state index contributed by atoms with van der Waals surface area (Å²) >= 11 is 0. The van der Waals surface area contributed by atoms with Crippen molar-refractivity contribution in [3.8, 4) is 0 Å². The Morgan fingerprint density at radius 2 is 1.68 bits per heavy atom. The molecule has 0 spiro atoms. The van der Waals surface area contributed by atoms with E-state index in [2.05, 4.69) is 10.0 Å². The normalized spacial score (nSPS) is 22.3. The Balaban J connectivity index is 1.64. The highest BCUT2D eigenvalue weighted by molar-refractivity contribution is 5.78. The van der Waals surface area contributed by atoms with Gasteiger partial charge in [0.25, 0.3) is 0 Å². The van der Waals surface area contributed by atoms with E-state index in [1.54, 1.807) is 0 Å². The average Bonchev–Trinajstić information content (AvgIpc) is 3.01. The second-order valence-corrected chi connectivity index (χ2v) is 6.38. The predicted octanol–water partition coefficient (Wildman–Crippen LogP) is 2.75. The zero-order valence-electron chi connectivity index (χ0n) is 15.1. The first-order valence-electron chi connectivity index (χ1n) is 8.89. The molecular formula is C20H21N3O5. The van der Waals surface area contributed by atoms with Crippen LogP contribution in [0.1, 0.15) is 11.1 Å². The van der Waals surface area contributed by atoms with Gasteiger partial charge in [0.2, 0.25) is 0 Å². The number of hydrogen-bond donors (Lipinski definition) is 1. The van der Waals surface area contributed by atoms with Crippen LogP contribution in [0.15, 0.2) is 65.8 Å². The van der Waals surface area contributed by atoms with Crippen LogP contribution in [0, 0.1) is 0 Å². The third-order valence-electron chi connectivity index (χ3n) is 4.39. The summed E-state index contributed by atoms with van der Waals surface area (Å²) in [6.07, 6.45) is -3.33. The molecule has 0 aromatic heterocycles. The number of ether oxygens (including phenoxy) is 3. The lowest BCUT2D eigenvalue weighted by Crippen LogP contribution is -2.41. The third-order valence-corrected chi connectivity index (χ3v) is 4.39. The van der Waals surface area contributed by atoms with E-state index in [1.807, 2.05) is 60.7 Å². The maximum Gasteiger partial charge on any atom is 0.338 e. The third kappa shape index (κ3) is 5.09. The highest BCUT2D eigenvalue weighted by Crippen LogP contribution is 2.25. The Morgan fingerprint density at radius 1 is 1.07 bits per heavy atom. The highest BCUT2D eigenvalue weighted by Gasteiger charge is 2.48. The molecular weight excluding hydrogens is 362 g/mol. The van der Waals surface area contributed by atoms with Crippen LogP contribution >= 0.6 is 0 Å². The Hall–Kier alpha value is -2.90. The first kappa shape index (κ1) is 19.9. The minimum Gasteiger partial charge on any atom is -0.457 e. The molecule has 0 bridgehead atoms. The lowest BCUT2D eigenvalue weighted by molar-refractivity contribution is -0.148. The van der Waals surface area contributed by atoms with Crippen LogP contribution in [0.4, 0.5) is 0 Å². The van der Waals surface area contributed by atoms with Gasteiger partial charge in [-0.15, -0.1) is 0 Å². The number of nitrogens with zero attached hydrogens (tertiary/aromatic N) is 3. The van der Waals surface area contributed by atoms with Crippen LogP contribution in [0.25, 0.3) is 10.4 Å². The summed E-state index contributed by atoms with van der Waals surface area (Å²) in [4.78, 5) is 14.7. The molecule has 0 radical (unpaired) electrons. The molecule has 0 aliphatic carbocycles. The van der Waals surface area contributed by atoms with E-state index in [9.17, 15) is 9.90 Å². The minimum absolute atomic E-state index is 0.0226. The molecule has 1 aliphatic rings. The molecule has 146 valence electrons. The number of rotatable bonds is 9. The molecule has 1 N–H and O–H groups in total. The SMILES string of the molecule is [N-]=[N+]=N[C@H](COCc1ccccc1)[C@H]1OC(=O)[C@@H](O)[C@@H]1OCc1ccccc1. The number of hydrogen-bond acceptors (Lipinski definition) is 6. The van der Waals surface area contributed by atoms with E-state index in [0.29, 0.717) is 6.61 Å². The van der Waals surface area contributed by atoms with Crippen LogP contribution in [0.5, 0.6) is 0 Å². The average molecular weight is 383 g/mol. The molecule has 4 atom stereocenters. The lowest BCUT2D eigenvalue weighted by Gasteiger charge is -2.24. The number of aliphatic hydroxyl groups excluding tert-OH is 1. The standard InChI is InChI=1S/C20H21N3O5/c21-23-22-16(13-26-11-14-7-3-1-4-8-14)18-19(17(24)20(25)28-18)27-12-15-9-5-2-6-10-15/h1-10,16-19,24H,11-13H2/t16-,17+,18-,19+/m1/s1. The number of benzene rings is 2. The molecule has 3 rings (SSSR count). The second kappa shape index (κ2) is 9.87. The first-order valence-corrected chi connectivity index (χ1v) is 8.89. The van der Waals surface area contributed by atoms with Crippen molar-refractivity contribution >= 4 is 5.97 Å². The number of carbonyl (C=O) groups is 1. The van der Waals surface area contributed by atoms with Gasteiger partial charge in [-0.3, -0.25) is 0 Å². The maximum atomic E-state index is 11.9. The predicted molar refractivity (Wildman–Crippen MR) is 99.9 cm³/mol. The summed E-state index contributed by atoms with van der Waals surface area (Å²) in [6, 6.07) is 18.0. The van der Waals surface area contributed by atoms with Crippen LogP contribution in [-0.4, -0.2) is 42.0 Å². The van der Waals surface area contributed by atoms with Crippen molar-refractivity contribution in [1.29, 1.82) is 0 Å². The molecule has 1 saturated heterocycles. The van der Waals surface area contributed by atoms with Crippen molar-refractivity contribution in [1.82, 2.24) is 0 Å². The van der Waals surface area contributed by atoms with Gasteiger partial charge in [-0.25, -0.2) is 4.79 Å². The molecule has 8 heteroatoms. The van der Waals surface area contributed by atoms with Crippen molar-refractivity contribution in [2.24, 2.45) is 5.11 Å². The fraction of sp³-hybridized carbons (Fsp3) is 0.350. The molecule has 1 aliphatic heterocycles. The summed E-state index contributed by atoms with van der Waals surface area (Å²) in [5.41, 5.74) is 10.7. The van der Waals surface area contributed by atoms with Gasteiger partial charge in [-0.2, -0.15) is 0 Å². The van der Waals surface area contributed by atoms with Crippen LogP contribution in [-0.2, 0) is 32.2 Å².